The summed E-state index contributed by atoms with van der Waals surface area (Å²) < 4.78 is 11.4. The number of nitrogens with one attached hydrogen (secondary N) is 1. The molecule has 1 aromatic heterocycles. The lowest BCUT2D eigenvalue weighted by Crippen LogP contribution is -2.34. The smallest absolute Gasteiger partial charge is 0.139 e. The van der Waals surface area contributed by atoms with E-state index in [0.29, 0.717) is 6.10 Å². The Hall–Kier alpha value is -1.13. The molecule has 0 aliphatic carbocycles. The molecule has 16 heavy (non-hydrogen) atoms. The van der Waals surface area contributed by atoms with E-state index in [1.165, 1.54) is 21.6 Å². The van der Waals surface area contributed by atoms with Crippen LogP contribution in [0.5, 0.6) is 5.75 Å². The summed E-state index contributed by atoms with van der Waals surface area (Å²) in [4.78, 5) is 0. The molecule has 0 radical (unpaired) electrons. The number of fused-ring (bicyclic) bond motifs is 1. The Bertz CT molecular complexity index is 477. The highest BCUT2D eigenvalue weighted by molar-refractivity contribution is 7.13. The molecule has 1 aliphatic rings. The van der Waals surface area contributed by atoms with Crippen LogP contribution in [0.1, 0.15) is 12.8 Å². The summed E-state index contributed by atoms with van der Waals surface area (Å²) in [7, 11) is 0. The normalized spacial score (nSPS) is 17.8. The first-order valence-electron chi connectivity index (χ1n) is 5.64. The fraction of sp³-hybridized carbons (Fsp3) is 0.417. The highest BCUT2D eigenvalue weighted by Crippen LogP contribution is 2.30. The number of aromatic nitrogens is 1. The van der Waals surface area contributed by atoms with Gasteiger partial charge in [-0.2, -0.15) is 4.37 Å². The van der Waals surface area contributed by atoms with Gasteiger partial charge in [0.05, 0.1) is 4.70 Å². The third-order valence-corrected chi connectivity index (χ3v) is 3.76. The maximum absolute atomic E-state index is 6.06. The molecule has 84 valence electrons. The van der Waals surface area contributed by atoms with Gasteiger partial charge in [-0.3, -0.25) is 0 Å². The molecule has 1 fully saturated rings. The summed E-state index contributed by atoms with van der Waals surface area (Å²) in [5.74, 6) is 0.992. The van der Waals surface area contributed by atoms with Crippen LogP contribution in [0.25, 0.3) is 10.1 Å². The second-order valence-electron chi connectivity index (χ2n) is 4.07. The van der Waals surface area contributed by atoms with Gasteiger partial charge in [0.2, 0.25) is 0 Å². The maximum atomic E-state index is 6.06. The Morgan fingerprint density at radius 3 is 3.06 bits per heavy atom. The highest BCUT2D eigenvalue weighted by atomic mass is 32.1. The van der Waals surface area contributed by atoms with Crippen LogP contribution < -0.4 is 10.1 Å². The molecular weight excluding hydrogens is 220 g/mol. The van der Waals surface area contributed by atoms with E-state index in [4.69, 9.17) is 4.74 Å². The van der Waals surface area contributed by atoms with Crippen LogP contribution in [-0.2, 0) is 0 Å². The summed E-state index contributed by atoms with van der Waals surface area (Å²) in [5, 5.41) is 4.52. The van der Waals surface area contributed by atoms with Crippen molar-refractivity contribution in [3.8, 4) is 5.75 Å². The quantitative estimate of drug-likeness (QED) is 0.866. The summed E-state index contributed by atoms with van der Waals surface area (Å²) in [6.45, 7) is 2.12. The van der Waals surface area contributed by atoms with Crippen molar-refractivity contribution in [3.63, 3.8) is 0 Å². The van der Waals surface area contributed by atoms with E-state index in [9.17, 15) is 0 Å². The van der Waals surface area contributed by atoms with Crippen molar-refractivity contribution in [3.05, 3.63) is 24.4 Å². The van der Waals surface area contributed by atoms with Crippen molar-refractivity contribution in [2.24, 2.45) is 0 Å². The number of ether oxygens (including phenoxy) is 1. The fourth-order valence-electron chi connectivity index (χ4n) is 2.05. The van der Waals surface area contributed by atoms with Crippen molar-refractivity contribution >= 4 is 21.6 Å². The zero-order valence-electron chi connectivity index (χ0n) is 8.98. The Morgan fingerprint density at radius 2 is 2.19 bits per heavy atom. The first-order chi connectivity index (χ1) is 7.93. The fourth-order valence-corrected chi connectivity index (χ4v) is 2.76. The van der Waals surface area contributed by atoms with Crippen molar-refractivity contribution in [1.29, 1.82) is 0 Å². The zero-order valence-corrected chi connectivity index (χ0v) is 9.80. The second kappa shape index (κ2) is 4.39. The van der Waals surface area contributed by atoms with E-state index in [0.717, 1.165) is 31.7 Å². The Labute approximate surface area is 98.6 Å². The molecule has 4 heteroatoms. The molecule has 0 spiro atoms. The molecule has 1 aromatic carbocycles. The van der Waals surface area contributed by atoms with Gasteiger partial charge in [-0.15, -0.1) is 0 Å². The van der Waals surface area contributed by atoms with E-state index in [-0.39, 0.29) is 0 Å². The minimum absolute atomic E-state index is 0.356. The zero-order chi connectivity index (χ0) is 10.8. The van der Waals surface area contributed by atoms with Gasteiger partial charge in [0.25, 0.3) is 0 Å². The lowest BCUT2D eigenvalue weighted by molar-refractivity contribution is 0.165. The van der Waals surface area contributed by atoms with Crippen LogP contribution in [0.15, 0.2) is 24.4 Å². The summed E-state index contributed by atoms with van der Waals surface area (Å²) >= 11 is 1.51. The molecule has 2 heterocycles. The van der Waals surface area contributed by atoms with Crippen molar-refractivity contribution in [2.75, 3.05) is 13.1 Å². The molecule has 1 aliphatic heterocycles. The van der Waals surface area contributed by atoms with E-state index >= 15 is 0 Å². The second-order valence-corrected chi connectivity index (χ2v) is 4.87. The molecule has 1 saturated heterocycles. The van der Waals surface area contributed by atoms with E-state index in [2.05, 4.69) is 15.8 Å². The molecule has 0 unspecified atom stereocenters. The number of nitrogens with zero attached hydrogens (tertiary/aromatic N) is 1. The first-order valence-corrected chi connectivity index (χ1v) is 6.41. The molecule has 2 aromatic rings. The average molecular weight is 234 g/mol. The molecule has 0 amide bonds. The number of piperidine rings is 1. The van der Waals surface area contributed by atoms with Crippen LogP contribution in [0.4, 0.5) is 0 Å². The highest BCUT2D eigenvalue weighted by Gasteiger charge is 2.15. The van der Waals surface area contributed by atoms with E-state index in [1.807, 2.05) is 18.3 Å². The third-order valence-electron chi connectivity index (χ3n) is 2.92. The van der Waals surface area contributed by atoms with Crippen LogP contribution in [0, 0.1) is 0 Å². The summed E-state index contributed by atoms with van der Waals surface area (Å²) in [6.07, 6.45) is 4.44. The van der Waals surface area contributed by atoms with Gasteiger partial charge in [-0.05, 0) is 43.5 Å². The molecule has 3 nitrogen and oxygen atoms in total. The largest absolute Gasteiger partial charge is 0.489 e. The molecule has 0 atom stereocenters. The average Bonchev–Trinajstić information content (AvgIpc) is 2.80. The predicted molar refractivity (Wildman–Crippen MR) is 66.1 cm³/mol. The van der Waals surface area contributed by atoms with Crippen LogP contribution in [0.2, 0.25) is 0 Å². The number of hydrogen-bond donors (Lipinski definition) is 1. The number of benzene rings is 1. The molecular formula is C12H14N2OS. The Morgan fingerprint density at radius 1 is 1.31 bits per heavy atom. The molecule has 0 bridgehead atoms. The Kier molecular flexibility index (Phi) is 2.76. The van der Waals surface area contributed by atoms with Gasteiger partial charge in [0.15, 0.2) is 0 Å². The van der Waals surface area contributed by atoms with Crippen LogP contribution >= 0.6 is 11.5 Å². The van der Waals surface area contributed by atoms with Crippen molar-refractivity contribution < 1.29 is 4.74 Å². The minimum atomic E-state index is 0.356. The topological polar surface area (TPSA) is 34.1 Å². The van der Waals surface area contributed by atoms with Gasteiger partial charge >= 0.3 is 0 Å². The third kappa shape index (κ3) is 1.90. The first kappa shape index (κ1) is 10.1. The van der Waals surface area contributed by atoms with Gasteiger partial charge in [-0.1, -0.05) is 12.1 Å². The summed E-state index contributed by atoms with van der Waals surface area (Å²) in [5.41, 5.74) is 0. The summed E-state index contributed by atoms with van der Waals surface area (Å²) in [6, 6.07) is 6.16. The van der Waals surface area contributed by atoms with Gasteiger partial charge in [-0.25, -0.2) is 0 Å². The molecule has 1 N–H and O–H groups in total. The number of rotatable bonds is 2. The number of hydrogen-bond acceptors (Lipinski definition) is 4. The van der Waals surface area contributed by atoms with E-state index in [1.54, 1.807) is 0 Å². The lowest BCUT2D eigenvalue weighted by Gasteiger charge is -2.23. The van der Waals surface area contributed by atoms with E-state index < -0.39 is 0 Å². The Balaban J connectivity index is 1.85. The van der Waals surface area contributed by atoms with Crippen molar-refractivity contribution in [1.82, 2.24) is 9.69 Å². The van der Waals surface area contributed by atoms with Crippen molar-refractivity contribution in [2.45, 2.75) is 18.9 Å². The van der Waals surface area contributed by atoms with Crippen LogP contribution in [-0.4, -0.2) is 23.6 Å². The van der Waals surface area contributed by atoms with Crippen LogP contribution in [0.3, 0.4) is 0 Å². The maximum Gasteiger partial charge on any atom is 0.139 e. The predicted octanol–water partition coefficient (Wildman–Crippen LogP) is 2.43. The minimum Gasteiger partial charge on any atom is -0.489 e. The lowest BCUT2D eigenvalue weighted by atomic mass is 10.1. The van der Waals surface area contributed by atoms with Gasteiger partial charge < -0.3 is 10.1 Å². The standard InChI is InChI=1S/C12H14N2OS/c1-2-9-8-14-16-12(9)11(3-1)15-10-4-6-13-7-5-10/h1-3,8,10,13H,4-7H2. The molecule has 0 saturated carbocycles. The monoisotopic (exact) mass is 234 g/mol. The SMILES string of the molecule is c1cc(OC2CCNCC2)c2sncc2c1. The van der Waals surface area contributed by atoms with Gasteiger partial charge in [0.1, 0.15) is 11.9 Å². The van der Waals surface area contributed by atoms with Gasteiger partial charge in [0, 0.05) is 11.6 Å². The molecule has 3 rings (SSSR count).